The summed E-state index contributed by atoms with van der Waals surface area (Å²) in [5, 5.41) is 0. The number of rotatable bonds is 4. The molecule has 0 saturated heterocycles. The molecule has 1 nitrogen and oxygen atoms in total. The number of Topliss-reactive ketones (excluding diaryl/α,β-unsaturated/α-hetero) is 1. The van der Waals surface area contributed by atoms with Crippen molar-refractivity contribution in [2.75, 3.05) is 0 Å². The van der Waals surface area contributed by atoms with Gasteiger partial charge in [-0.15, -0.1) is 0 Å². The molecule has 2 aliphatic rings. The van der Waals surface area contributed by atoms with Crippen LogP contribution in [0.2, 0.25) is 0 Å². The highest BCUT2D eigenvalue weighted by molar-refractivity contribution is 5.84. The summed E-state index contributed by atoms with van der Waals surface area (Å²) in [6, 6.07) is 0. The van der Waals surface area contributed by atoms with Crippen molar-refractivity contribution in [2.45, 2.75) is 65.2 Å². The van der Waals surface area contributed by atoms with Gasteiger partial charge >= 0.3 is 0 Å². The Hall–Kier alpha value is -0.330. The summed E-state index contributed by atoms with van der Waals surface area (Å²) >= 11 is 0. The maximum atomic E-state index is 11.9. The average molecular weight is 208 g/mol. The number of ketones is 1. The highest BCUT2D eigenvalue weighted by Gasteiger charge is 2.55. The fourth-order valence-electron chi connectivity index (χ4n) is 4.00. The molecule has 2 saturated carbocycles. The molecule has 0 aromatic carbocycles. The predicted molar refractivity (Wildman–Crippen MR) is 62.7 cm³/mol. The Morgan fingerprint density at radius 3 is 2.67 bits per heavy atom. The van der Waals surface area contributed by atoms with Gasteiger partial charge in [0.05, 0.1) is 0 Å². The van der Waals surface area contributed by atoms with Gasteiger partial charge in [0.2, 0.25) is 0 Å². The Balaban J connectivity index is 2.05. The van der Waals surface area contributed by atoms with E-state index in [1.54, 1.807) is 0 Å². The van der Waals surface area contributed by atoms with Gasteiger partial charge in [0.15, 0.2) is 0 Å². The summed E-state index contributed by atoms with van der Waals surface area (Å²) in [7, 11) is 0. The van der Waals surface area contributed by atoms with Crippen molar-refractivity contribution >= 4 is 5.78 Å². The topological polar surface area (TPSA) is 17.1 Å². The first-order chi connectivity index (χ1) is 7.20. The van der Waals surface area contributed by atoms with Gasteiger partial charge in [0.1, 0.15) is 5.78 Å². The molecular formula is C14H24O. The second-order valence-corrected chi connectivity index (χ2v) is 5.67. The van der Waals surface area contributed by atoms with Crippen molar-refractivity contribution in [3.8, 4) is 0 Å². The lowest BCUT2D eigenvalue weighted by Crippen LogP contribution is -2.53. The summed E-state index contributed by atoms with van der Waals surface area (Å²) in [5.74, 6) is 2.15. The molecule has 1 heteroatoms. The standard InChI is InChI=1S/C14H24O/c1-3-4-9-14(11(2)15)10-12-7-5-6-8-13(12)14/h12-13H,3-10H2,1-2H3. The van der Waals surface area contributed by atoms with E-state index in [0.29, 0.717) is 5.78 Å². The van der Waals surface area contributed by atoms with E-state index >= 15 is 0 Å². The van der Waals surface area contributed by atoms with Crippen molar-refractivity contribution in [3.63, 3.8) is 0 Å². The number of unbranched alkanes of at least 4 members (excludes halogenated alkanes) is 1. The SMILES string of the molecule is CCCCC1(C(C)=O)CC2CCCCC21. The molecule has 2 aliphatic carbocycles. The maximum absolute atomic E-state index is 11.9. The zero-order valence-electron chi connectivity index (χ0n) is 10.2. The van der Waals surface area contributed by atoms with E-state index in [4.69, 9.17) is 0 Å². The third-order valence-corrected chi connectivity index (χ3v) is 4.92. The summed E-state index contributed by atoms with van der Waals surface area (Å²) in [6.45, 7) is 4.06. The fraction of sp³-hybridized carbons (Fsp3) is 0.929. The molecule has 86 valence electrons. The van der Waals surface area contributed by atoms with Crippen molar-refractivity contribution < 1.29 is 4.79 Å². The van der Waals surface area contributed by atoms with Gasteiger partial charge < -0.3 is 0 Å². The van der Waals surface area contributed by atoms with Gasteiger partial charge in [-0.2, -0.15) is 0 Å². The van der Waals surface area contributed by atoms with Gasteiger partial charge in [0, 0.05) is 5.41 Å². The second kappa shape index (κ2) is 4.27. The Morgan fingerprint density at radius 1 is 1.33 bits per heavy atom. The molecule has 3 unspecified atom stereocenters. The van der Waals surface area contributed by atoms with E-state index < -0.39 is 0 Å². The normalized spacial score (nSPS) is 39.3. The molecule has 0 aromatic heterocycles. The first kappa shape index (κ1) is 11.2. The first-order valence-electron chi connectivity index (χ1n) is 6.72. The summed E-state index contributed by atoms with van der Waals surface area (Å²) in [4.78, 5) is 11.9. The zero-order chi connectivity index (χ0) is 10.9. The van der Waals surface area contributed by atoms with Crippen LogP contribution in [0.5, 0.6) is 0 Å². The lowest BCUT2D eigenvalue weighted by molar-refractivity contribution is -0.150. The highest BCUT2D eigenvalue weighted by atomic mass is 16.1. The molecule has 0 bridgehead atoms. The molecule has 0 aliphatic heterocycles. The second-order valence-electron chi connectivity index (χ2n) is 5.67. The summed E-state index contributed by atoms with van der Waals surface area (Å²) < 4.78 is 0. The Morgan fingerprint density at radius 2 is 2.07 bits per heavy atom. The number of fused-ring (bicyclic) bond motifs is 1. The molecule has 2 rings (SSSR count). The molecule has 2 fully saturated rings. The van der Waals surface area contributed by atoms with E-state index in [-0.39, 0.29) is 5.41 Å². The van der Waals surface area contributed by atoms with E-state index in [1.807, 2.05) is 6.92 Å². The van der Waals surface area contributed by atoms with Crippen LogP contribution in [-0.4, -0.2) is 5.78 Å². The Bertz CT molecular complexity index is 242. The molecule has 0 heterocycles. The molecule has 0 spiro atoms. The molecule has 0 N–H and O–H groups in total. The number of carbonyl (C=O) groups is 1. The summed E-state index contributed by atoms with van der Waals surface area (Å²) in [6.07, 6.45) is 10.3. The van der Waals surface area contributed by atoms with Crippen LogP contribution >= 0.6 is 0 Å². The van der Waals surface area contributed by atoms with E-state index in [9.17, 15) is 4.79 Å². The molecule has 0 amide bonds. The van der Waals surface area contributed by atoms with Crippen molar-refractivity contribution in [1.29, 1.82) is 0 Å². The molecule has 15 heavy (non-hydrogen) atoms. The minimum atomic E-state index is 0.126. The number of hydrogen-bond acceptors (Lipinski definition) is 1. The Labute approximate surface area is 93.6 Å². The minimum absolute atomic E-state index is 0.126. The van der Waals surface area contributed by atoms with Crippen LogP contribution in [0.4, 0.5) is 0 Å². The van der Waals surface area contributed by atoms with Crippen LogP contribution in [0.1, 0.15) is 65.2 Å². The van der Waals surface area contributed by atoms with Gasteiger partial charge in [-0.05, 0) is 38.0 Å². The van der Waals surface area contributed by atoms with Gasteiger partial charge in [0.25, 0.3) is 0 Å². The molecule has 0 aromatic rings. The van der Waals surface area contributed by atoms with Crippen LogP contribution in [-0.2, 0) is 4.79 Å². The fourth-order valence-corrected chi connectivity index (χ4v) is 4.00. The minimum Gasteiger partial charge on any atom is -0.299 e. The van der Waals surface area contributed by atoms with Crippen molar-refractivity contribution in [2.24, 2.45) is 17.3 Å². The molecule has 3 atom stereocenters. The number of hydrogen-bond donors (Lipinski definition) is 0. The van der Waals surface area contributed by atoms with Gasteiger partial charge in [-0.3, -0.25) is 4.79 Å². The third kappa shape index (κ3) is 1.74. The van der Waals surface area contributed by atoms with E-state index in [1.165, 1.54) is 51.4 Å². The number of carbonyl (C=O) groups excluding carboxylic acids is 1. The lowest BCUT2D eigenvalue weighted by Gasteiger charge is -2.56. The maximum Gasteiger partial charge on any atom is 0.136 e. The van der Waals surface area contributed by atoms with E-state index in [2.05, 4.69) is 6.92 Å². The van der Waals surface area contributed by atoms with Crippen LogP contribution < -0.4 is 0 Å². The van der Waals surface area contributed by atoms with Gasteiger partial charge in [-0.1, -0.05) is 39.0 Å². The zero-order valence-corrected chi connectivity index (χ0v) is 10.2. The first-order valence-corrected chi connectivity index (χ1v) is 6.72. The quantitative estimate of drug-likeness (QED) is 0.683. The van der Waals surface area contributed by atoms with Crippen LogP contribution in [0.3, 0.4) is 0 Å². The molecular weight excluding hydrogens is 184 g/mol. The smallest absolute Gasteiger partial charge is 0.136 e. The van der Waals surface area contributed by atoms with Crippen LogP contribution in [0.25, 0.3) is 0 Å². The van der Waals surface area contributed by atoms with Gasteiger partial charge in [-0.25, -0.2) is 0 Å². The summed E-state index contributed by atoms with van der Waals surface area (Å²) in [5.41, 5.74) is 0.126. The molecule has 0 radical (unpaired) electrons. The van der Waals surface area contributed by atoms with Crippen LogP contribution in [0.15, 0.2) is 0 Å². The monoisotopic (exact) mass is 208 g/mol. The third-order valence-electron chi connectivity index (χ3n) is 4.92. The van der Waals surface area contributed by atoms with Crippen molar-refractivity contribution in [1.82, 2.24) is 0 Å². The largest absolute Gasteiger partial charge is 0.299 e. The predicted octanol–water partition coefficient (Wildman–Crippen LogP) is 3.96. The Kier molecular flexibility index (Phi) is 3.18. The highest BCUT2D eigenvalue weighted by Crippen LogP contribution is 2.60. The average Bonchev–Trinajstić information content (AvgIpc) is 2.19. The van der Waals surface area contributed by atoms with Crippen molar-refractivity contribution in [3.05, 3.63) is 0 Å². The van der Waals surface area contributed by atoms with Crippen LogP contribution in [0, 0.1) is 17.3 Å². The van der Waals surface area contributed by atoms with E-state index in [0.717, 1.165) is 11.8 Å². The lowest BCUT2D eigenvalue weighted by atomic mass is 9.47.